The third-order valence-corrected chi connectivity index (χ3v) is 8.51. The van der Waals surface area contributed by atoms with Crippen LogP contribution in [0.1, 0.15) is 39.8 Å². The minimum atomic E-state index is -4.92. The standard InChI is InChI=1S/C32H33F6N2O/c1-30(28-9-5-6-10-29(28)41-2,21-22-17-25(31(33,34)35)20-26(18-22)32(36,37)38)40-15-13-39(14-16-40)27-12-11-23-7-3-4-8-24(23)19-27/h3-10,17-18,20,27H,1,11-16,19,21H2,2H3. The van der Waals surface area contributed by atoms with Crippen molar-refractivity contribution in [3.05, 3.63) is 107 Å². The molecule has 2 atom stereocenters. The van der Waals surface area contributed by atoms with E-state index in [4.69, 9.17) is 4.74 Å². The van der Waals surface area contributed by atoms with Crippen molar-refractivity contribution in [1.29, 1.82) is 0 Å². The maximum absolute atomic E-state index is 13.7. The van der Waals surface area contributed by atoms with Crippen molar-refractivity contribution in [3.8, 4) is 5.75 Å². The molecular formula is C32H33F6N2O. The lowest BCUT2D eigenvalue weighted by Crippen LogP contribution is -2.57. The number of halogens is 6. The van der Waals surface area contributed by atoms with Crippen LogP contribution in [0.2, 0.25) is 0 Å². The molecule has 9 heteroatoms. The van der Waals surface area contributed by atoms with Crippen LogP contribution in [-0.4, -0.2) is 49.1 Å². The fourth-order valence-electron chi connectivity index (χ4n) is 6.37. The molecule has 1 radical (unpaired) electrons. The van der Waals surface area contributed by atoms with Crippen LogP contribution in [-0.2, 0) is 37.2 Å². The van der Waals surface area contributed by atoms with Gasteiger partial charge in [-0.25, -0.2) is 0 Å². The minimum Gasteiger partial charge on any atom is -0.496 e. The third-order valence-electron chi connectivity index (χ3n) is 8.51. The lowest BCUT2D eigenvalue weighted by Gasteiger charge is -2.48. The van der Waals surface area contributed by atoms with Crippen LogP contribution in [0.25, 0.3) is 0 Å². The molecule has 1 aliphatic carbocycles. The highest BCUT2D eigenvalue weighted by atomic mass is 19.4. The maximum Gasteiger partial charge on any atom is 0.416 e. The van der Waals surface area contributed by atoms with Gasteiger partial charge in [-0.1, -0.05) is 42.5 Å². The van der Waals surface area contributed by atoms with E-state index in [2.05, 4.69) is 41.0 Å². The van der Waals surface area contributed by atoms with Gasteiger partial charge in [0.1, 0.15) is 5.75 Å². The van der Waals surface area contributed by atoms with Gasteiger partial charge in [0.15, 0.2) is 0 Å². The van der Waals surface area contributed by atoms with Gasteiger partial charge in [0.05, 0.1) is 23.8 Å². The Labute approximate surface area is 236 Å². The summed E-state index contributed by atoms with van der Waals surface area (Å²) < 4.78 is 87.5. The Balaban J connectivity index is 1.45. The van der Waals surface area contributed by atoms with Crippen molar-refractivity contribution in [2.24, 2.45) is 0 Å². The number of alkyl halides is 6. The molecule has 0 saturated carbocycles. The maximum atomic E-state index is 13.7. The summed E-state index contributed by atoms with van der Waals surface area (Å²) in [5.74, 6) is 0.483. The van der Waals surface area contributed by atoms with Gasteiger partial charge in [-0.2, -0.15) is 26.3 Å². The Morgan fingerprint density at radius 1 is 0.805 bits per heavy atom. The van der Waals surface area contributed by atoms with E-state index in [0.29, 0.717) is 30.4 Å². The summed E-state index contributed by atoms with van der Waals surface area (Å²) in [4.78, 5) is 4.52. The van der Waals surface area contributed by atoms with E-state index in [1.54, 1.807) is 24.3 Å². The molecule has 5 rings (SSSR count). The number of piperazine rings is 1. The molecule has 3 aromatic carbocycles. The van der Waals surface area contributed by atoms with Crippen molar-refractivity contribution in [2.75, 3.05) is 33.3 Å². The number of rotatable bonds is 6. The Hall–Kier alpha value is -3.04. The molecular weight excluding hydrogens is 542 g/mol. The number of hydrogen-bond acceptors (Lipinski definition) is 3. The molecule has 1 saturated heterocycles. The zero-order chi connectivity index (χ0) is 29.4. The zero-order valence-corrected chi connectivity index (χ0v) is 22.9. The number of hydrogen-bond donors (Lipinski definition) is 0. The van der Waals surface area contributed by atoms with Gasteiger partial charge < -0.3 is 4.74 Å². The first-order valence-electron chi connectivity index (χ1n) is 13.7. The summed E-state index contributed by atoms with van der Waals surface area (Å²) in [5.41, 5.74) is -0.538. The van der Waals surface area contributed by atoms with E-state index in [9.17, 15) is 26.3 Å². The fourth-order valence-corrected chi connectivity index (χ4v) is 6.37. The van der Waals surface area contributed by atoms with Crippen LogP contribution in [0, 0.1) is 6.92 Å². The van der Waals surface area contributed by atoms with Gasteiger partial charge in [0, 0.05) is 37.8 Å². The first-order valence-corrected chi connectivity index (χ1v) is 13.7. The summed E-state index contributed by atoms with van der Waals surface area (Å²) >= 11 is 0. The second-order valence-corrected chi connectivity index (χ2v) is 11.0. The molecule has 1 aliphatic heterocycles. The van der Waals surface area contributed by atoms with E-state index in [-0.39, 0.29) is 18.1 Å². The second-order valence-electron chi connectivity index (χ2n) is 11.0. The molecule has 1 fully saturated rings. The molecule has 2 aliphatic rings. The normalized spacial score (nSPS) is 20.3. The molecule has 0 aromatic heterocycles. The van der Waals surface area contributed by atoms with Crippen LogP contribution in [0.15, 0.2) is 66.7 Å². The number of fused-ring (bicyclic) bond motifs is 1. The number of methoxy groups -OCH3 is 1. The minimum absolute atomic E-state index is 0.0839. The van der Waals surface area contributed by atoms with Gasteiger partial charge in [-0.15, -0.1) is 0 Å². The predicted octanol–water partition coefficient (Wildman–Crippen LogP) is 7.18. The monoisotopic (exact) mass is 575 g/mol. The van der Waals surface area contributed by atoms with Gasteiger partial charge in [-0.3, -0.25) is 9.80 Å². The van der Waals surface area contributed by atoms with E-state index in [0.717, 1.165) is 44.5 Å². The zero-order valence-electron chi connectivity index (χ0n) is 22.9. The Morgan fingerprint density at radius 2 is 1.39 bits per heavy atom. The van der Waals surface area contributed by atoms with Gasteiger partial charge in [-0.05, 0) is 73.6 Å². The molecule has 3 nitrogen and oxygen atoms in total. The van der Waals surface area contributed by atoms with Crippen molar-refractivity contribution in [2.45, 2.75) is 49.6 Å². The lowest BCUT2D eigenvalue weighted by molar-refractivity contribution is -0.143. The number of para-hydroxylation sites is 1. The van der Waals surface area contributed by atoms with Crippen molar-refractivity contribution < 1.29 is 31.1 Å². The van der Waals surface area contributed by atoms with E-state index >= 15 is 0 Å². The SMILES string of the molecule is [CH2]C(Cc1cc(C(F)(F)F)cc(C(F)(F)F)c1)(c1ccccc1OC)N1CCN(C2CCc3ccccc3C2)CC1. The highest BCUT2D eigenvalue weighted by molar-refractivity contribution is 5.43. The van der Waals surface area contributed by atoms with Crippen LogP contribution < -0.4 is 4.74 Å². The van der Waals surface area contributed by atoms with Gasteiger partial charge in [0.2, 0.25) is 0 Å². The Kier molecular flexibility index (Phi) is 8.14. The molecule has 2 unspecified atom stereocenters. The number of nitrogens with zero attached hydrogens (tertiary/aromatic N) is 2. The first-order chi connectivity index (χ1) is 19.4. The molecule has 1 heterocycles. The van der Waals surface area contributed by atoms with Gasteiger partial charge >= 0.3 is 12.4 Å². The average molecular weight is 576 g/mol. The summed E-state index contributed by atoms with van der Waals surface area (Å²) in [6.45, 7) is 7.04. The van der Waals surface area contributed by atoms with Crippen molar-refractivity contribution in [3.63, 3.8) is 0 Å². The molecule has 41 heavy (non-hydrogen) atoms. The molecule has 219 valence electrons. The quantitative estimate of drug-likeness (QED) is 0.290. The largest absolute Gasteiger partial charge is 0.496 e. The van der Waals surface area contributed by atoms with Gasteiger partial charge in [0.25, 0.3) is 0 Å². The number of benzene rings is 3. The Bertz CT molecular complexity index is 1330. The topological polar surface area (TPSA) is 15.7 Å². The van der Waals surface area contributed by atoms with Crippen LogP contribution in [0.5, 0.6) is 5.75 Å². The van der Waals surface area contributed by atoms with E-state index in [1.807, 2.05) is 0 Å². The summed E-state index contributed by atoms with van der Waals surface area (Å²) in [7, 11) is 1.49. The second kappa shape index (κ2) is 11.3. The molecule has 0 N–H and O–H groups in total. The first kappa shape index (κ1) is 29.5. The number of aryl methyl sites for hydroxylation is 1. The number of ether oxygens (including phenoxy) is 1. The highest BCUT2D eigenvalue weighted by Gasteiger charge is 2.42. The molecule has 0 bridgehead atoms. The lowest BCUT2D eigenvalue weighted by atomic mass is 9.81. The van der Waals surface area contributed by atoms with Crippen LogP contribution in [0.3, 0.4) is 0 Å². The molecule has 0 amide bonds. The molecule has 3 aromatic rings. The van der Waals surface area contributed by atoms with E-state index in [1.165, 1.54) is 18.2 Å². The van der Waals surface area contributed by atoms with Crippen LogP contribution >= 0.6 is 0 Å². The summed E-state index contributed by atoms with van der Waals surface area (Å²) in [6, 6.07) is 17.7. The Morgan fingerprint density at radius 3 is 2.00 bits per heavy atom. The summed E-state index contributed by atoms with van der Waals surface area (Å²) in [5, 5.41) is 0. The fraction of sp³-hybridized carbons (Fsp3) is 0.406. The smallest absolute Gasteiger partial charge is 0.416 e. The van der Waals surface area contributed by atoms with Crippen LogP contribution in [0.4, 0.5) is 26.3 Å². The van der Waals surface area contributed by atoms with Crippen molar-refractivity contribution in [1.82, 2.24) is 9.80 Å². The third kappa shape index (κ3) is 6.26. The highest BCUT2D eigenvalue weighted by Crippen LogP contribution is 2.41. The summed E-state index contributed by atoms with van der Waals surface area (Å²) in [6.07, 6.45) is -6.98. The predicted molar refractivity (Wildman–Crippen MR) is 146 cm³/mol. The average Bonchev–Trinajstić information content (AvgIpc) is 2.96. The van der Waals surface area contributed by atoms with E-state index < -0.39 is 29.0 Å². The van der Waals surface area contributed by atoms with Crippen molar-refractivity contribution >= 4 is 0 Å². The molecule has 0 spiro atoms.